The number of thiazole rings is 1. The van der Waals surface area contributed by atoms with E-state index in [2.05, 4.69) is 29.3 Å². The molecule has 0 saturated carbocycles. The van der Waals surface area contributed by atoms with Gasteiger partial charge in [-0.05, 0) is 40.8 Å². The number of carbonyl (C=O) groups excluding carboxylic acids is 1. The molecule has 21 heavy (non-hydrogen) atoms. The molecule has 1 aromatic rings. The predicted molar refractivity (Wildman–Crippen MR) is 87.9 cm³/mol. The van der Waals surface area contributed by atoms with E-state index < -0.39 is 0 Å². The predicted octanol–water partition coefficient (Wildman–Crippen LogP) is 1.71. The van der Waals surface area contributed by atoms with Crippen LogP contribution in [0.25, 0.3) is 0 Å². The number of aromatic nitrogens is 1. The molecule has 1 fully saturated rings. The molecule has 2 rings (SSSR count). The zero-order valence-electron chi connectivity index (χ0n) is 13.2. The van der Waals surface area contributed by atoms with Crippen LogP contribution in [0.2, 0.25) is 0 Å². The minimum Gasteiger partial charge on any atom is -0.382 e. The van der Waals surface area contributed by atoms with Crippen molar-refractivity contribution in [2.45, 2.75) is 38.8 Å². The summed E-state index contributed by atoms with van der Waals surface area (Å²) in [6.45, 7) is 5.63. The lowest BCUT2D eigenvalue weighted by Crippen LogP contribution is -2.44. The van der Waals surface area contributed by atoms with Crippen LogP contribution in [0, 0.1) is 0 Å². The van der Waals surface area contributed by atoms with Gasteiger partial charge in [-0.2, -0.15) is 0 Å². The highest BCUT2D eigenvalue weighted by molar-refractivity contribution is 7.18. The molecule has 3 N–H and O–H groups in total. The number of hydrogen-bond acceptors (Lipinski definition) is 6. The molecule has 2 heterocycles. The van der Waals surface area contributed by atoms with Crippen molar-refractivity contribution in [1.82, 2.24) is 14.8 Å². The van der Waals surface area contributed by atoms with Crippen molar-refractivity contribution in [2.24, 2.45) is 0 Å². The van der Waals surface area contributed by atoms with E-state index in [-0.39, 0.29) is 11.9 Å². The summed E-state index contributed by atoms with van der Waals surface area (Å²) in [5, 5.41) is 3.91. The zero-order valence-corrected chi connectivity index (χ0v) is 14.0. The molecule has 0 aromatic carbocycles. The second-order valence-corrected chi connectivity index (χ2v) is 7.02. The molecule has 1 aromatic heterocycles. The van der Waals surface area contributed by atoms with Gasteiger partial charge in [-0.25, -0.2) is 4.98 Å². The fourth-order valence-corrected chi connectivity index (χ4v) is 3.52. The number of nitrogens with two attached hydrogens (primary N) is 1. The number of nitrogens with one attached hydrogen (secondary N) is 1. The summed E-state index contributed by atoms with van der Waals surface area (Å²) < 4.78 is 0. The molecule has 0 radical (unpaired) electrons. The molecule has 7 heteroatoms. The van der Waals surface area contributed by atoms with Gasteiger partial charge in [0.15, 0.2) is 5.13 Å². The van der Waals surface area contributed by atoms with E-state index in [1.807, 2.05) is 18.7 Å². The minimum absolute atomic E-state index is 0.0130. The third-order valence-electron chi connectivity index (χ3n) is 3.74. The van der Waals surface area contributed by atoms with Gasteiger partial charge < -0.3 is 20.9 Å². The van der Waals surface area contributed by atoms with Crippen LogP contribution in [0.1, 0.15) is 36.4 Å². The maximum atomic E-state index is 12.6. The van der Waals surface area contributed by atoms with Gasteiger partial charge in [0.2, 0.25) is 0 Å². The van der Waals surface area contributed by atoms with Crippen LogP contribution in [-0.4, -0.2) is 60.0 Å². The zero-order chi connectivity index (χ0) is 15.6. The molecule has 0 spiro atoms. The molecular formula is C14H25N5OS. The lowest BCUT2D eigenvalue weighted by atomic mass is 10.0. The van der Waals surface area contributed by atoms with Gasteiger partial charge in [-0.3, -0.25) is 4.79 Å². The Bertz CT molecular complexity index is 492. The van der Waals surface area contributed by atoms with E-state index in [1.165, 1.54) is 11.3 Å². The van der Waals surface area contributed by atoms with Gasteiger partial charge in [-0.1, -0.05) is 11.3 Å². The molecular weight excluding hydrogens is 286 g/mol. The molecule has 0 bridgehead atoms. The van der Waals surface area contributed by atoms with E-state index in [1.54, 1.807) is 0 Å². The van der Waals surface area contributed by atoms with Crippen molar-refractivity contribution in [2.75, 3.05) is 38.2 Å². The average molecular weight is 311 g/mol. The van der Waals surface area contributed by atoms with Gasteiger partial charge in [-0.15, -0.1) is 0 Å². The van der Waals surface area contributed by atoms with Crippen LogP contribution < -0.4 is 11.1 Å². The monoisotopic (exact) mass is 311 g/mol. The SMILES string of the molecule is CC(C)Nc1nc(N)c(C(=O)N2CCC(N(C)C)CC2)s1. The molecule has 0 unspecified atom stereocenters. The summed E-state index contributed by atoms with van der Waals surface area (Å²) in [4.78, 5) is 21.5. The number of amides is 1. The first-order valence-corrected chi connectivity index (χ1v) is 8.18. The maximum absolute atomic E-state index is 12.6. The Labute approximate surface area is 130 Å². The molecule has 1 aliphatic rings. The summed E-state index contributed by atoms with van der Waals surface area (Å²) in [6, 6.07) is 0.834. The van der Waals surface area contributed by atoms with E-state index in [0.717, 1.165) is 25.9 Å². The molecule has 0 aliphatic carbocycles. The van der Waals surface area contributed by atoms with Gasteiger partial charge in [0.1, 0.15) is 10.7 Å². The molecule has 1 saturated heterocycles. The number of carbonyl (C=O) groups is 1. The third-order valence-corrected chi connectivity index (χ3v) is 4.73. The highest BCUT2D eigenvalue weighted by Crippen LogP contribution is 2.28. The van der Waals surface area contributed by atoms with E-state index in [9.17, 15) is 4.79 Å². The summed E-state index contributed by atoms with van der Waals surface area (Å²) in [7, 11) is 4.18. The van der Waals surface area contributed by atoms with Crippen molar-refractivity contribution in [3.63, 3.8) is 0 Å². The number of nitrogen functional groups attached to an aromatic ring is 1. The molecule has 1 aliphatic heterocycles. The van der Waals surface area contributed by atoms with E-state index >= 15 is 0 Å². The maximum Gasteiger partial charge on any atom is 0.267 e. The van der Waals surface area contributed by atoms with Crippen LogP contribution in [0.15, 0.2) is 0 Å². The Hall–Kier alpha value is -1.34. The first kappa shape index (κ1) is 16.0. The Morgan fingerprint density at radius 2 is 2.05 bits per heavy atom. The fraction of sp³-hybridized carbons (Fsp3) is 0.714. The van der Waals surface area contributed by atoms with Crippen molar-refractivity contribution >= 4 is 28.2 Å². The summed E-state index contributed by atoms with van der Waals surface area (Å²) in [5.74, 6) is 0.349. The lowest BCUT2D eigenvalue weighted by Gasteiger charge is -2.35. The fourth-order valence-electron chi connectivity index (χ4n) is 2.52. The number of piperidine rings is 1. The number of anilines is 2. The largest absolute Gasteiger partial charge is 0.382 e. The Balaban J connectivity index is 2.02. The van der Waals surface area contributed by atoms with Gasteiger partial charge in [0.05, 0.1) is 0 Å². The Morgan fingerprint density at radius 1 is 1.43 bits per heavy atom. The molecule has 0 atom stereocenters. The minimum atomic E-state index is 0.0130. The summed E-state index contributed by atoms with van der Waals surface area (Å²) >= 11 is 1.35. The van der Waals surface area contributed by atoms with Crippen molar-refractivity contribution in [3.05, 3.63) is 4.88 Å². The van der Waals surface area contributed by atoms with Gasteiger partial charge >= 0.3 is 0 Å². The second-order valence-electron chi connectivity index (χ2n) is 6.02. The number of hydrogen-bond donors (Lipinski definition) is 2. The van der Waals surface area contributed by atoms with Gasteiger partial charge in [0.25, 0.3) is 5.91 Å². The highest BCUT2D eigenvalue weighted by atomic mass is 32.1. The van der Waals surface area contributed by atoms with Gasteiger partial charge in [0, 0.05) is 25.2 Å². The van der Waals surface area contributed by atoms with Crippen molar-refractivity contribution in [1.29, 1.82) is 0 Å². The average Bonchev–Trinajstić information content (AvgIpc) is 2.78. The highest BCUT2D eigenvalue weighted by Gasteiger charge is 2.27. The van der Waals surface area contributed by atoms with E-state index in [4.69, 9.17) is 5.73 Å². The summed E-state index contributed by atoms with van der Waals surface area (Å²) in [5.41, 5.74) is 5.90. The first-order valence-electron chi connectivity index (χ1n) is 7.37. The molecule has 1 amide bonds. The standard InChI is InChI=1S/C14H25N5OS/c1-9(2)16-14-17-12(15)11(21-14)13(20)19-7-5-10(6-8-19)18(3)4/h9-10H,5-8,15H2,1-4H3,(H,16,17). The van der Waals surface area contributed by atoms with Crippen LogP contribution in [0.4, 0.5) is 10.9 Å². The van der Waals surface area contributed by atoms with Crippen LogP contribution >= 0.6 is 11.3 Å². The number of nitrogens with zero attached hydrogens (tertiary/aromatic N) is 3. The molecule has 6 nitrogen and oxygen atoms in total. The van der Waals surface area contributed by atoms with Crippen LogP contribution in [-0.2, 0) is 0 Å². The van der Waals surface area contributed by atoms with Crippen LogP contribution in [0.5, 0.6) is 0 Å². The Morgan fingerprint density at radius 3 is 2.57 bits per heavy atom. The summed E-state index contributed by atoms with van der Waals surface area (Å²) in [6.07, 6.45) is 2.02. The topological polar surface area (TPSA) is 74.5 Å². The number of likely N-dealkylation sites (tertiary alicyclic amines) is 1. The lowest BCUT2D eigenvalue weighted by molar-refractivity contribution is 0.0669. The Kier molecular flexibility index (Phi) is 5.05. The quantitative estimate of drug-likeness (QED) is 0.885. The smallest absolute Gasteiger partial charge is 0.267 e. The number of rotatable bonds is 4. The van der Waals surface area contributed by atoms with Crippen LogP contribution in [0.3, 0.4) is 0 Å². The van der Waals surface area contributed by atoms with E-state index in [0.29, 0.717) is 21.9 Å². The third kappa shape index (κ3) is 3.85. The first-order chi connectivity index (χ1) is 9.88. The van der Waals surface area contributed by atoms with Crippen molar-refractivity contribution < 1.29 is 4.79 Å². The van der Waals surface area contributed by atoms with Crippen molar-refractivity contribution in [3.8, 4) is 0 Å². The molecule has 118 valence electrons. The second kappa shape index (κ2) is 6.62. The normalized spacial score (nSPS) is 16.8.